The molecule has 1 N–H and O–H groups in total. The van der Waals surface area contributed by atoms with Gasteiger partial charge in [0.25, 0.3) is 5.69 Å². The number of nitro groups is 1. The zero-order valence-electron chi connectivity index (χ0n) is 10.7. The smallest absolute Gasteiger partial charge is 0.269 e. The highest BCUT2D eigenvalue weighted by molar-refractivity contribution is 6.12. The number of benzene rings is 2. The summed E-state index contributed by atoms with van der Waals surface area (Å²) in [6, 6.07) is 12.8. The van der Waals surface area contributed by atoms with E-state index in [1.807, 2.05) is 0 Å². The molecule has 0 spiro atoms. The van der Waals surface area contributed by atoms with Gasteiger partial charge in [-0.2, -0.15) is 0 Å². The number of non-ortho nitro benzene ring substituents is 1. The Hall–Kier alpha value is -2.89. The molecule has 0 aliphatic carbocycles. The van der Waals surface area contributed by atoms with E-state index in [9.17, 15) is 10.1 Å². The van der Waals surface area contributed by atoms with Crippen LogP contribution in [0.2, 0.25) is 0 Å². The Morgan fingerprint density at radius 3 is 2.00 bits per heavy atom. The van der Waals surface area contributed by atoms with E-state index in [1.165, 1.54) is 24.3 Å². The molecule has 0 bridgehead atoms. The summed E-state index contributed by atoms with van der Waals surface area (Å²) in [6.07, 6.45) is 0. The van der Waals surface area contributed by atoms with Crippen LogP contribution in [0.1, 0.15) is 11.1 Å². The second kappa shape index (κ2) is 5.83. The van der Waals surface area contributed by atoms with Gasteiger partial charge in [-0.1, -0.05) is 5.16 Å². The normalized spacial score (nSPS) is 11.2. The number of ether oxygens (including phenoxy) is 1. The van der Waals surface area contributed by atoms with Crippen molar-refractivity contribution in [2.75, 3.05) is 7.11 Å². The van der Waals surface area contributed by atoms with Crippen molar-refractivity contribution in [1.82, 2.24) is 0 Å². The first-order valence-electron chi connectivity index (χ1n) is 5.77. The molecule has 0 aliphatic rings. The van der Waals surface area contributed by atoms with Crippen LogP contribution in [-0.2, 0) is 0 Å². The molecule has 2 rings (SSSR count). The van der Waals surface area contributed by atoms with E-state index in [4.69, 9.17) is 9.94 Å². The van der Waals surface area contributed by atoms with E-state index >= 15 is 0 Å². The molecule has 6 nitrogen and oxygen atoms in total. The predicted molar refractivity (Wildman–Crippen MR) is 73.5 cm³/mol. The van der Waals surface area contributed by atoms with Gasteiger partial charge in [-0.15, -0.1) is 0 Å². The number of nitro benzene ring substituents is 1. The van der Waals surface area contributed by atoms with E-state index in [2.05, 4.69) is 5.16 Å². The van der Waals surface area contributed by atoms with Crippen LogP contribution in [0.25, 0.3) is 0 Å². The van der Waals surface area contributed by atoms with Crippen molar-refractivity contribution >= 4 is 11.4 Å². The van der Waals surface area contributed by atoms with Gasteiger partial charge >= 0.3 is 0 Å². The Labute approximate surface area is 115 Å². The van der Waals surface area contributed by atoms with Gasteiger partial charge in [0.2, 0.25) is 0 Å². The molecule has 0 fully saturated rings. The topological polar surface area (TPSA) is 85.0 Å². The van der Waals surface area contributed by atoms with Gasteiger partial charge < -0.3 is 9.94 Å². The molecular formula is C14H12N2O4. The molecule has 0 saturated carbocycles. The molecule has 102 valence electrons. The molecule has 0 heterocycles. The monoisotopic (exact) mass is 272 g/mol. The van der Waals surface area contributed by atoms with Gasteiger partial charge in [-0.05, 0) is 36.4 Å². The van der Waals surface area contributed by atoms with Gasteiger partial charge in [0, 0.05) is 23.3 Å². The minimum atomic E-state index is -0.479. The average molecular weight is 272 g/mol. The lowest BCUT2D eigenvalue weighted by molar-refractivity contribution is -0.384. The molecule has 2 aromatic carbocycles. The molecule has 6 heteroatoms. The average Bonchev–Trinajstić information content (AvgIpc) is 2.49. The summed E-state index contributed by atoms with van der Waals surface area (Å²) in [5, 5.41) is 23.0. The van der Waals surface area contributed by atoms with Crippen LogP contribution in [0.4, 0.5) is 5.69 Å². The van der Waals surface area contributed by atoms with Crippen LogP contribution < -0.4 is 4.74 Å². The Bertz CT molecular complexity index is 633. The van der Waals surface area contributed by atoms with Crippen molar-refractivity contribution in [1.29, 1.82) is 0 Å². The van der Waals surface area contributed by atoms with Crippen LogP contribution in [0.3, 0.4) is 0 Å². The predicted octanol–water partition coefficient (Wildman–Crippen LogP) is 2.83. The number of hydrogen-bond acceptors (Lipinski definition) is 5. The van der Waals surface area contributed by atoms with E-state index in [0.717, 1.165) is 0 Å². The zero-order chi connectivity index (χ0) is 14.5. The highest BCUT2D eigenvalue weighted by atomic mass is 16.6. The fourth-order valence-electron chi connectivity index (χ4n) is 1.77. The maximum atomic E-state index is 10.6. The number of methoxy groups -OCH3 is 1. The highest BCUT2D eigenvalue weighted by Crippen LogP contribution is 2.18. The van der Waals surface area contributed by atoms with Crippen molar-refractivity contribution in [3.8, 4) is 5.75 Å². The van der Waals surface area contributed by atoms with E-state index in [1.54, 1.807) is 31.4 Å². The van der Waals surface area contributed by atoms with Crippen molar-refractivity contribution in [2.24, 2.45) is 5.16 Å². The van der Waals surface area contributed by atoms with Crippen LogP contribution in [-0.4, -0.2) is 23.0 Å². The number of nitrogens with zero attached hydrogens (tertiary/aromatic N) is 2. The fraction of sp³-hybridized carbons (Fsp3) is 0.0714. The second-order valence-electron chi connectivity index (χ2n) is 3.98. The first-order valence-corrected chi connectivity index (χ1v) is 5.77. The number of hydrogen-bond donors (Lipinski definition) is 1. The second-order valence-corrected chi connectivity index (χ2v) is 3.98. The van der Waals surface area contributed by atoms with Gasteiger partial charge in [-0.25, -0.2) is 0 Å². The molecule has 0 aromatic heterocycles. The highest BCUT2D eigenvalue weighted by Gasteiger charge is 2.10. The van der Waals surface area contributed by atoms with Crippen LogP contribution in [0.5, 0.6) is 5.75 Å². The molecule has 20 heavy (non-hydrogen) atoms. The van der Waals surface area contributed by atoms with E-state index < -0.39 is 4.92 Å². The number of oxime groups is 1. The molecule has 0 aliphatic heterocycles. The standard InChI is InChI=1S/C14H12N2O4/c1-20-13-8-4-11(5-9-13)14(15-17)10-2-6-12(7-3-10)16(18)19/h2-9,17H,1H3/b15-14-. The summed E-state index contributed by atoms with van der Waals surface area (Å²) in [4.78, 5) is 10.1. The van der Waals surface area contributed by atoms with Crippen molar-refractivity contribution in [2.45, 2.75) is 0 Å². The maximum absolute atomic E-state index is 10.6. The maximum Gasteiger partial charge on any atom is 0.269 e. The molecule has 0 atom stereocenters. The third-order valence-electron chi connectivity index (χ3n) is 2.82. The molecule has 2 aromatic rings. The molecular weight excluding hydrogens is 260 g/mol. The Kier molecular flexibility index (Phi) is 3.95. The lowest BCUT2D eigenvalue weighted by Crippen LogP contribution is -2.03. The molecule has 0 amide bonds. The summed E-state index contributed by atoms with van der Waals surface area (Å²) < 4.78 is 5.05. The van der Waals surface area contributed by atoms with Crippen LogP contribution >= 0.6 is 0 Å². The Morgan fingerprint density at radius 2 is 1.60 bits per heavy atom. The Morgan fingerprint density at radius 1 is 1.10 bits per heavy atom. The van der Waals surface area contributed by atoms with Gasteiger partial charge in [0.1, 0.15) is 11.5 Å². The third kappa shape index (κ3) is 2.74. The lowest BCUT2D eigenvalue weighted by Gasteiger charge is -2.06. The summed E-state index contributed by atoms with van der Waals surface area (Å²) in [7, 11) is 1.56. The van der Waals surface area contributed by atoms with Gasteiger partial charge in [0.05, 0.1) is 12.0 Å². The minimum Gasteiger partial charge on any atom is -0.497 e. The lowest BCUT2D eigenvalue weighted by atomic mass is 10.0. The molecule has 0 saturated heterocycles. The van der Waals surface area contributed by atoms with Gasteiger partial charge in [0.15, 0.2) is 0 Å². The molecule has 0 unspecified atom stereocenters. The van der Waals surface area contributed by atoms with E-state index in [0.29, 0.717) is 22.6 Å². The number of rotatable bonds is 4. The van der Waals surface area contributed by atoms with Gasteiger partial charge in [-0.3, -0.25) is 10.1 Å². The first-order chi connectivity index (χ1) is 9.65. The van der Waals surface area contributed by atoms with Crippen LogP contribution in [0, 0.1) is 10.1 Å². The fourth-order valence-corrected chi connectivity index (χ4v) is 1.77. The minimum absolute atomic E-state index is 0.0132. The Balaban J connectivity index is 2.34. The van der Waals surface area contributed by atoms with Crippen molar-refractivity contribution < 1.29 is 14.9 Å². The first kappa shape index (κ1) is 13.5. The summed E-state index contributed by atoms with van der Waals surface area (Å²) >= 11 is 0. The largest absolute Gasteiger partial charge is 0.497 e. The third-order valence-corrected chi connectivity index (χ3v) is 2.82. The van der Waals surface area contributed by atoms with E-state index in [-0.39, 0.29) is 5.69 Å². The van der Waals surface area contributed by atoms with Crippen molar-refractivity contribution in [3.63, 3.8) is 0 Å². The summed E-state index contributed by atoms with van der Waals surface area (Å²) in [5.41, 5.74) is 1.59. The quantitative estimate of drug-likeness (QED) is 0.401. The van der Waals surface area contributed by atoms with Crippen molar-refractivity contribution in [3.05, 3.63) is 69.8 Å². The SMILES string of the molecule is COc1ccc(/C(=N\O)c2ccc([N+](=O)[O-])cc2)cc1. The van der Waals surface area contributed by atoms with Crippen LogP contribution in [0.15, 0.2) is 53.7 Å². The summed E-state index contributed by atoms with van der Waals surface area (Å²) in [5.74, 6) is 0.690. The molecule has 0 radical (unpaired) electrons. The summed E-state index contributed by atoms with van der Waals surface area (Å²) in [6.45, 7) is 0. The zero-order valence-corrected chi connectivity index (χ0v) is 10.7.